The molecule has 0 saturated carbocycles. The quantitative estimate of drug-likeness (QED) is 0.767. The summed E-state index contributed by atoms with van der Waals surface area (Å²) < 4.78 is 17.7. The average Bonchev–Trinajstić information content (AvgIpc) is 2.46. The molecular formula is C14H17FN2O3. The summed E-state index contributed by atoms with van der Waals surface area (Å²) >= 11 is 0. The maximum atomic E-state index is 12.7. The number of nitrogens with zero attached hydrogens (tertiary/aromatic N) is 2. The van der Waals surface area contributed by atoms with Crippen LogP contribution in [0.15, 0.2) is 24.3 Å². The van der Waals surface area contributed by atoms with Gasteiger partial charge in [0.25, 0.3) is 5.91 Å². The van der Waals surface area contributed by atoms with Gasteiger partial charge in [-0.25, -0.2) is 9.18 Å². The number of ether oxygens (including phenoxy) is 1. The van der Waals surface area contributed by atoms with Crippen molar-refractivity contribution in [3.8, 4) is 0 Å². The molecule has 0 spiro atoms. The van der Waals surface area contributed by atoms with E-state index in [4.69, 9.17) is 4.74 Å². The van der Waals surface area contributed by atoms with Crippen LogP contribution in [0, 0.1) is 5.82 Å². The van der Waals surface area contributed by atoms with Crippen molar-refractivity contribution in [2.45, 2.75) is 0 Å². The maximum Gasteiger partial charge on any atom is 0.338 e. The first-order chi connectivity index (χ1) is 9.56. The van der Waals surface area contributed by atoms with E-state index in [-0.39, 0.29) is 18.1 Å². The van der Waals surface area contributed by atoms with E-state index in [0.29, 0.717) is 13.1 Å². The van der Waals surface area contributed by atoms with Crippen LogP contribution in [-0.2, 0) is 9.53 Å². The molecule has 0 unspecified atom stereocenters. The van der Waals surface area contributed by atoms with Gasteiger partial charge in [0.15, 0.2) is 6.61 Å². The number of esters is 1. The molecular weight excluding hydrogens is 263 g/mol. The van der Waals surface area contributed by atoms with Crippen LogP contribution < -0.4 is 0 Å². The minimum absolute atomic E-state index is 0.200. The number of carbonyl (C=O) groups excluding carboxylic acids is 2. The average molecular weight is 280 g/mol. The van der Waals surface area contributed by atoms with Crippen LogP contribution in [0.2, 0.25) is 0 Å². The van der Waals surface area contributed by atoms with E-state index >= 15 is 0 Å². The molecule has 1 heterocycles. The van der Waals surface area contributed by atoms with Crippen molar-refractivity contribution in [2.75, 3.05) is 39.8 Å². The molecule has 6 heteroatoms. The molecule has 1 aliphatic heterocycles. The van der Waals surface area contributed by atoms with Crippen molar-refractivity contribution in [1.29, 1.82) is 0 Å². The van der Waals surface area contributed by atoms with E-state index in [1.165, 1.54) is 24.3 Å². The highest BCUT2D eigenvalue weighted by Crippen LogP contribution is 2.05. The molecule has 0 N–H and O–H groups in total. The number of hydrogen-bond donors (Lipinski definition) is 0. The monoisotopic (exact) mass is 280 g/mol. The lowest BCUT2D eigenvalue weighted by molar-refractivity contribution is -0.136. The van der Waals surface area contributed by atoms with Gasteiger partial charge >= 0.3 is 5.97 Å². The van der Waals surface area contributed by atoms with Crippen LogP contribution in [-0.4, -0.2) is 61.5 Å². The maximum absolute atomic E-state index is 12.7. The fraction of sp³-hybridized carbons (Fsp3) is 0.429. The molecule has 1 fully saturated rings. The van der Waals surface area contributed by atoms with E-state index in [1.807, 2.05) is 7.05 Å². The molecule has 0 bridgehead atoms. The normalized spacial score (nSPS) is 16.0. The van der Waals surface area contributed by atoms with Gasteiger partial charge in [0.2, 0.25) is 0 Å². The van der Waals surface area contributed by atoms with Gasteiger partial charge in [-0.15, -0.1) is 0 Å². The molecule has 0 aliphatic carbocycles. The van der Waals surface area contributed by atoms with Crippen LogP contribution >= 0.6 is 0 Å². The molecule has 0 aromatic heterocycles. The van der Waals surface area contributed by atoms with Gasteiger partial charge in [0.05, 0.1) is 5.56 Å². The Morgan fingerprint density at radius 3 is 2.35 bits per heavy atom. The van der Waals surface area contributed by atoms with Gasteiger partial charge in [0.1, 0.15) is 5.82 Å². The summed E-state index contributed by atoms with van der Waals surface area (Å²) in [5, 5.41) is 0. The molecule has 1 aromatic carbocycles. The molecule has 0 atom stereocenters. The summed E-state index contributed by atoms with van der Waals surface area (Å²) in [5.41, 5.74) is 0.234. The Bertz CT molecular complexity index is 482. The second-order valence-electron chi connectivity index (χ2n) is 4.77. The second-order valence-corrected chi connectivity index (χ2v) is 4.77. The van der Waals surface area contributed by atoms with Crippen molar-refractivity contribution in [1.82, 2.24) is 9.80 Å². The van der Waals surface area contributed by atoms with E-state index in [0.717, 1.165) is 13.1 Å². The van der Waals surface area contributed by atoms with E-state index in [1.54, 1.807) is 4.90 Å². The molecule has 20 heavy (non-hydrogen) atoms. The summed E-state index contributed by atoms with van der Waals surface area (Å²) in [7, 11) is 2.00. The van der Waals surface area contributed by atoms with Crippen LogP contribution in [0.4, 0.5) is 4.39 Å². The predicted molar refractivity (Wildman–Crippen MR) is 70.8 cm³/mol. The summed E-state index contributed by atoms with van der Waals surface area (Å²) in [6.07, 6.45) is 0. The van der Waals surface area contributed by atoms with Crippen molar-refractivity contribution in [3.05, 3.63) is 35.6 Å². The van der Waals surface area contributed by atoms with E-state index in [9.17, 15) is 14.0 Å². The van der Waals surface area contributed by atoms with Gasteiger partial charge in [-0.1, -0.05) is 0 Å². The Labute approximate surface area is 116 Å². The molecule has 1 amide bonds. The van der Waals surface area contributed by atoms with Crippen LogP contribution in [0.5, 0.6) is 0 Å². The molecule has 108 valence electrons. The van der Waals surface area contributed by atoms with E-state index < -0.39 is 11.8 Å². The Hall–Kier alpha value is -1.95. The Kier molecular flexibility index (Phi) is 4.68. The lowest BCUT2D eigenvalue weighted by Gasteiger charge is -2.32. The number of amides is 1. The van der Waals surface area contributed by atoms with Gasteiger partial charge in [-0.2, -0.15) is 0 Å². The van der Waals surface area contributed by atoms with Crippen molar-refractivity contribution >= 4 is 11.9 Å². The van der Waals surface area contributed by atoms with Crippen LogP contribution in [0.25, 0.3) is 0 Å². The molecule has 1 aromatic rings. The van der Waals surface area contributed by atoms with Crippen molar-refractivity contribution in [2.24, 2.45) is 0 Å². The van der Waals surface area contributed by atoms with Crippen LogP contribution in [0.1, 0.15) is 10.4 Å². The van der Waals surface area contributed by atoms with Crippen molar-refractivity contribution in [3.63, 3.8) is 0 Å². The highest BCUT2D eigenvalue weighted by molar-refractivity contribution is 5.91. The Morgan fingerprint density at radius 1 is 1.15 bits per heavy atom. The lowest BCUT2D eigenvalue weighted by atomic mass is 10.2. The highest BCUT2D eigenvalue weighted by atomic mass is 19.1. The van der Waals surface area contributed by atoms with Crippen LogP contribution in [0.3, 0.4) is 0 Å². The number of carbonyl (C=O) groups is 2. The molecule has 1 saturated heterocycles. The van der Waals surface area contributed by atoms with Gasteiger partial charge in [-0.05, 0) is 31.3 Å². The third kappa shape index (κ3) is 3.77. The Morgan fingerprint density at radius 2 is 1.75 bits per heavy atom. The first-order valence-electron chi connectivity index (χ1n) is 6.45. The van der Waals surface area contributed by atoms with Crippen molar-refractivity contribution < 1.29 is 18.7 Å². The summed E-state index contributed by atoms with van der Waals surface area (Å²) in [5.74, 6) is -1.24. The fourth-order valence-corrected chi connectivity index (χ4v) is 1.94. The summed E-state index contributed by atoms with van der Waals surface area (Å²) in [6, 6.07) is 5.02. The first-order valence-corrected chi connectivity index (χ1v) is 6.45. The third-order valence-corrected chi connectivity index (χ3v) is 3.26. The molecule has 0 radical (unpaired) electrons. The number of benzene rings is 1. The topological polar surface area (TPSA) is 49.9 Å². The largest absolute Gasteiger partial charge is 0.452 e. The standard InChI is InChI=1S/C14H17FN2O3/c1-16-6-8-17(9-7-16)13(18)10-20-14(19)11-2-4-12(15)5-3-11/h2-5H,6-10H2,1H3. The second kappa shape index (κ2) is 6.47. The third-order valence-electron chi connectivity index (χ3n) is 3.26. The highest BCUT2D eigenvalue weighted by Gasteiger charge is 2.20. The lowest BCUT2D eigenvalue weighted by Crippen LogP contribution is -2.48. The minimum Gasteiger partial charge on any atom is -0.452 e. The zero-order valence-electron chi connectivity index (χ0n) is 11.3. The number of rotatable bonds is 3. The summed E-state index contributed by atoms with van der Waals surface area (Å²) in [6.45, 7) is 2.64. The minimum atomic E-state index is -0.618. The van der Waals surface area contributed by atoms with E-state index in [2.05, 4.69) is 4.90 Å². The molecule has 5 nitrogen and oxygen atoms in total. The smallest absolute Gasteiger partial charge is 0.338 e. The number of likely N-dealkylation sites (N-methyl/N-ethyl adjacent to an activating group) is 1. The SMILES string of the molecule is CN1CCN(C(=O)COC(=O)c2ccc(F)cc2)CC1. The van der Waals surface area contributed by atoms with Gasteiger partial charge in [0, 0.05) is 26.2 Å². The zero-order valence-corrected chi connectivity index (χ0v) is 11.3. The Balaban J connectivity index is 1.81. The predicted octanol–water partition coefficient (Wildman–Crippen LogP) is 0.756. The number of piperazine rings is 1. The molecule has 2 rings (SSSR count). The molecule has 1 aliphatic rings. The fourth-order valence-electron chi connectivity index (χ4n) is 1.94. The number of halogens is 1. The number of hydrogen-bond acceptors (Lipinski definition) is 4. The summed E-state index contributed by atoms with van der Waals surface area (Å²) in [4.78, 5) is 27.3. The first kappa shape index (κ1) is 14.5. The zero-order chi connectivity index (χ0) is 14.5. The van der Waals surface area contributed by atoms with Gasteiger partial charge < -0.3 is 14.5 Å². The van der Waals surface area contributed by atoms with Gasteiger partial charge in [-0.3, -0.25) is 4.79 Å².